The van der Waals surface area contributed by atoms with Crippen LogP contribution in [0.4, 0.5) is 17.3 Å². The van der Waals surface area contributed by atoms with E-state index >= 15 is 0 Å². The van der Waals surface area contributed by atoms with Gasteiger partial charge >= 0.3 is 0 Å². The second-order valence-corrected chi connectivity index (χ2v) is 7.74. The molecule has 1 aromatic carbocycles. The zero-order valence-electron chi connectivity index (χ0n) is 15.2. The van der Waals surface area contributed by atoms with E-state index in [9.17, 15) is 9.90 Å². The number of hydrogen-bond acceptors (Lipinski definition) is 6. The number of para-hydroxylation sites is 1. The van der Waals surface area contributed by atoms with Gasteiger partial charge in [0.25, 0.3) is 0 Å². The Hall–Kier alpha value is -3.13. The van der Waals surface area contributed by atoms with E-state index in [-0.39, 0.29) is 11.9 Å². The summed E-state index contributed by atoms with van der Waals surface area (Å²) in [5.74, 6) is 1.35. The third kappa shape index (κ3) is 2.18. The van der Waals surface area contributed by atoms with E-state index in [4.69, 9.17) is 0 Å². The standard InChI is InChI=1S/C20H20N6O2/c27-11-7-16-20(28)24-17-18(21-10-22-19(17)26(16)8-11)25-6-5-13-12-3-1-2-4-14(12)23-15(13)9-25/h1-4,10-11,16,23,27H,5-9H2,(H,24,28)/t11-,16-/m1/s1. The van der Waals surface area contributed by atoms with Crippen LogP contribution in [-0.2, 0) is 17.8 Å². The normalized spacial score (nSPS) is 23.4. The molecule has 0 aliphatic carbocycles. The molecule has 28 heavy (non-hydrogen) atoms. The smallest absolute Gasteiger partial charge is 0.247 e. The number of carbonyl (C=O) groups is 1. The number of carbonyl (C=O) groups excluding carboxylic acids is 1. The number of fused-ring (bicyclic) bond motifs is 6. The summed E-state index contributed by atoms with van der Waals surface area (Å²) in [6.45, 7) is 1.95. The molecular weight excluding hydrogens is 356 g/mol. The van der Waals surface area contributed by atoms with Crippen molar-refractivity contribution >= 4 is 34.1 Å². The van der Waals surface area contributed by atoms with Gasteiger partial charge in [-0.25, -0.2) is 9.97 Å². The highest BCUT2D eigenvalue weighted by Gasteiger charge is 2.43. The molecule has 142 valence electrons. The number of hydrogen-bond donors (Lipinski definition) is 3. The van der Waals surface area contributed by atoms with Crippen molar-refractivity contribution in [2.75, 3.05) is 28.2 Å². The van der Waals surface area contributed by atoms with Crippen LogP contribution in [0.2, 0.25) is 0 Å². The zero-order valence-corrected chi connectivity index (χ0v) is 15.2. The second-order valence-electron chi connectivity index (χ2n) is 7.74. The fraction of sp³-hybridized carbons (Fsp3) is 0.350. The van der Waals surface area contributed by atoms with Crippen LogP contribution in [0.5, 0.6) is 0 Å². The van der Waals surface area contributed by atoms with E-state index in [1.807, 2.05) is 11.0 Å². The van der Waals surface area contributed by atoms with Gasteiger partial charge < -0.3 is 25.2 Å². The highest BCUT2D eigenvalue weighted by atomic mass is 16.3. The first kappa shape index (κ1) is 15.9. The number of amides is 1. The molecular formula is C20H20N6O2. The molecule has 3 aromatic rings. The van der Waals surface area contributed by atoms with Crippen molar-refractivity contribution in [3.05, 3.63) is 41.9 Å². The number of aromatic amines is 1. The van der Waals surface area contributed by atoms with Gasteiger partial charge in [0.2, 0.25) is 5.91 Å². The summed E-state index contributed by atoms with van der Waals surface area (Å²) in [4.78, 5) is 29.1. The number of anilines is 3. The Balaban J connectivity index is 1.40. The van der Waals surface area contributed by atoms with Gasteiger partial charge in [-0.05, 0) is 18.1 Å². The van der Waals surface area contributed by atoms with Crippen molar-refractivity contribution in [3.8, 4) is 0 Å². The van der Waals surface area contributed by atoms with Crippen molar-refractivity contribution in [3.63, 3.8) is 0 Å². The van der Waals surface area contributed by atoms with Crippen molar-refractivity contribution in [2.45, 2.75) is 31.5 Å². The summed E-state index contributed by atoms with van der Waals surface area (Å²) in [6.07, 6.45) is 2.39. The summed E-state index contributed by atoms with van der Waals surface area (Å²) in [6, 6.07) is 8.02. The molecule has 3 aliphatic heterocycles. The predicted octanol–water partition coefficient (Wildman–Crippen LogP) is 1.41. The molecule has 0 radical (unpaired) electrons. The molecule has 0 saturated carbocycles. The van der Waals surface area contributed by atoms with E-state index in [1.165, 1.54) is 16.6 Å². The minimum Gasteiger partial charge on any atom is -0.391 e. The molecule has 6 rings (SSSR count). The highest BCUT2D eigenvalue weighted by Crippen LogP contribution is 2.41. The number of benzene rings is 1. The first-order valence-electron chi connectivity index (χ1n) is 9.63. The van der Waals surface area contributed by atoms with Gasteiger partial charge in [-0.15, -0.1) is 0 Å². The number of rotatable bonds is 1. The lowest BCUT2D eigenvalue weighted by molar-refractivity contribution is -0.117. The number of aliphatic hydroxyl groups is 1. The molecule has 2 atom stereocenters. The predicted molar refractivity (Wildman–Crippen MR) is 105 cm³/mol. The van der Waals surface area contributed by atoms with Crippen LogP contribution < -0.4 is 15.1 Å². The van der Waals surface area contributed by atoms with Crippen molar-refractivity contribution in [2.24, 2.45) is 0 Å². The molecule has 0 spiro atoms. The van der Waals surface area contributed by atoms with E-state index in [0.29, 0.717) is 31.0 Å². The van der Waals surface area contributed by atoms with Crippen LogP contribution in [0.1, 0.15) is 17.7 Å². The fourth-order valence-corrected chi connectivity index (χ4v) is 4.81. The minimum absolute atomic E-state index is 0.0941. The Morgan fingerprint density at radius 3 is 2.96 bits per heavy atom. The third-order valence-electron chi connectivity index (χ3n) is 6.09. The minimum atomic E-state index is -0.510. The van der Waals surface area contributed by atoms with E-state index in [0.717, 1.165) is 24.3 Å². The molecule has 0 unspecified atom stereocenters. The summed E-state index contributed by atoms with van der Waals surface area (Å²) in [5, 5.41) is 14.3. The zero-order chi connectivity index (χ0) is 18.8. The summed E-state index contributed by atoms with van der Waals surface area (Å²) >= 11 is 0. The van der Waals surface area contributed by atoms with Crippen molar-refractivity contribution in [1.29, 1.82) is 0 Å². The number of H-pyrrole nitrogens is 1. The SMILES string of the molecule is O=C1Nc2c(N3CCc4c([nH]c5ccccc45)C3)ncnc2N2C[C@H](O)C[C@H]12. The number of nitrogens with one attached hydrogen (secondary N) is 2. The molecule has 3 aliphatic rings. The maximum Gasteiger partial charge on any atom is 0.247 e. The lowest BCUT2D eigenvalue weighted by Gasteiger charge is -2.35. The lowest BCUT2D eigenvalue weighted by Crippen LogP contribution is -2.45. The molecule has 1 amide bonds. The molecule has 2 aromatic heterocycles. The van der Waals surface area contributed by atoms with Gasteiger partial charge in [0.05, 0.1) is 12.6 Å². The molecule has 8 nitrogen and oxygen atoms in total. The number of nitrogens with zero attached hydrogens (tertiary/aromatic N) is 4. The number of aliphatic hydroxyl groups excluding tert-OH is 1. The maximum atomic E-state index is 12.6. The third-order valence-corrected chi connectivity index (χ3v) is 6.09. The van der Waals surface area contributed by atoms with Crippen LogP contribution in [0.15, 0.2) is 30.6 Å². The largest absolute Gasteiger partial charge is 0.391 e. The van der Waals surface area contributed by atoms with Gasteiger partial charge in [0.15, 0.2) is 11.6 Å². The first-order chi connectivity index (χ1) is 13.7. The second kappa shape index (κ2) is 5.68. The Morgan fingerprint density at radius 1 is 1.18 bits per heavy atom. The molecule has 8 heteroatoms. The van der Waals surface area contributed by atoms with Gasteiger partial charge in [-0.2, -0.15) is 0 Å². The van der Waals surface area contributed by atoms with Crippen molar-refractivity contribution < 1.29 is 9.90 Å². The number of aromatic nitrogens is 3. The van der Waals surface area contributed by atoms with Crippen LogP contribution in [0, 0.1) is 0 Å². The summed E-state index contributed by atoms with van der Waals surface area (Å²) in [7, 11) is 0. The Kier molecular flexibility index (Phi) is 3.22. The molecule has 1 fully saturated rings. The Bertz CT molecular complexity index is 1110. The molecule has 3 N–H and O–H groups in total. The quantitative estimate of drug-likeness (QED) is 0.594. The van der Waals surface area contributed by atoms with Crippen LogP contribution in [-0.4, -0.2) is 51.2 Å². The monoisotopic (exact) mass is 376 g/mol. The first-order valence-corrected chi connectivity index (χ1v) is 9.63. The van der Waals surface area contributed by atoms with Crippen LogP contribution in [0.25, 0.3) is 10.9 Å². The van der Waals surface area contributed by atoms with Crippen LogP contribution in [0.3, 0.4) is 0 Å². The summed E-state index contributed by atoms with van der Waals surface area (Å²) < 4.78 is 0. The van der Waals surface area contributed by atoms with Gasteiger partial charge in [-0.3, -0.25) is 4.79 Å². The van der Waals surface area contributed by atoms with Crippen LogP contribution >= 0.6 is 0 Å². The summed E-state index contributed by atoms with van der Waals surface area (Å²) in [5.41, 5.74) is 4.36. The Labute approximate surface area is 161 Å². The maximum absolute atomic E-state index is 12.6. The van der Waals surface area contributed by atoms with E-state index in [1.54, 1.807) is 6.33 Å². The highest BCUT2D eigenvalue weighted by molar-refractivity contribution is 6.06. The van der Waals surface area contributed by atoms with Gasteiger partial charge in [0, 0.05) is 36.1 Å². The van der Waals surface area contributed by atoms with Crippen molar-refractivity contribution in [1.82, 2.24) is 15.0 Å². The van der Waals surface area contributed by atoms with Gasteiger partial charge in [0.1, 0.15) is 18.1 Å². The lowest BCUT2D eigenvalue weighted by atomic mass is 10.0. The van der Waals surface area contributed by atoms with E-state index < -0.39 is 6.10 Å². The molecule has 5 heterocycles. The average Bonchev–Trinajstić information content (AvgIpc) is 3.28. The topological polar surface area (TPSA) is 97.4 Å². The van der Waals surface area contributed by atoms with Gasteiger partial charge in [-0.1, -0.05) is 18.2 Å². The molecule has 0 bridgehead atoms. The average molecular weight is 376 g/mol. The van der Waals surface area contributed by atoms with E-state index in [2.05, 4.69) is 43.4 Å². The fourth-order valence-electron chi connectivity index (χ4n) is 4.81. The Morgan fingerprint density at radius 2 is 2.04 bits per heavy atom. The molecule has 1 saturated heterocycles.